The van der Waals surface area contributed by atoms with Crippen molar-refractivity contribution in [1.29, 1.82) is 0 Å². The number of hydrogen-bond donors (Lipinski definition) is 3. The van der Waals surface area contributed by atoms with Crippen LogP contribution in [0.1, 0.15) is 26.3 Å². The van der Waals surface area contributed by atoms with Crippen LogP contribution in [-0.2, 0) is 4.79 Å². The molecule has 0 spiro atoms. The van der Waals surface area contributed by atoms with Gasteiger partial charge in [0.1, 0.15) is 11.4 Å². The number of carbonyl (C=O) groups excluding carboxylic acids is 2. The van der Waals surface area contributed by atoms with E-state index in [4.69, 9.17) is 9.84 Å². The van der Waals surface area contributed by atoms with Crippen LogP contribution in [0.3, 0.4) is 0 Å². The average Bonchev–Trinajstić information content (AvgIpc) is 2.80. The highest BCUT2D eigenvalue weighted by Gasteiger charge is 2.15. The Labute approximate surface area is 179 Å². The first kappa shape index (κ1) is 21.3. The van der Waals surface area contributed by atoms with Crippen molar-refractivity contribution in [3.8, 4) is 5.75 Å². The summed E-state index contributed by atoms with van der Waals surface area (Å²) in [6.07, 6.45) is 1.54. The standard InChI is InChI=1S/C24H20N2O5/c1-31-20-13-7-16(8-14-20)15-21(26-22(27)17-5-3-2-4-6-17)23(28)25-19-11-9-18(10-12-19)24(29)30/h2-15H,1H3,(H,25,28)(H,26,27)(H,29,30)/b21-15-. The maximum atomic E-state index is 12.9. The smallest absolute Gasteiger partial charge is 0.335 e. The number of ether oxygens (including phenoxy) is 1. The van der Waals surface area contributed by atoms with Gasteiger partial charge in [0.2, 0.25) is 0 Å². The minimum absolute atomic E-state index is 0.0290. The quantitative estimate of drug-likeness (QED) is 0.508. The fraction of sp³-hybridized carbons (Fsp3) is 0.0417. The van der Waals surface area contributed by atoms with Crippen LogP contribution in [0.15, 0.2) is 84.6 Å². The molecule has 0 radical (unpaired) electrons. The predicted octanol–water partition coefficient (Wildman–Crippen LogP) is 3.80. The normalized spacial score (nSPS) is 10.8. The van der Waals surface area contributed by atoms with Crippen molar-refractivity contribution in [1.82, 2.24) is 5.32 Å². The molecule has 7 nitrogen and oxygen atoms in total. The molecule has 0 aromatic heterocycles. The monoisotopic (exact) mass is 416 g/mol. The SMILES string of the molecule is COc1ccc(/C=C(\NC(=O)c2ccccc2)C(=O)Nc2ccc(C(=O)O)cc2)cc1. The van der Waals surface area contributed by atoms with Crippen LogP contribution in [0.5, 0.6) is 5.75 Å². The minimum atomic E-state index is -1.06. The van der Waals surface area contributed by atoms with Gasteiger partial charge in [0.05, 0.1) is 12.7 Å². The summed E-state index contributed by atoms with van der Waals surface area (Å²) in [4.78, 5) is 36.5. The molecule has 3 aromatic rings. The van der Waals surface area contributed by atoms with E-state index >= 15 is 0 Å². The number of carboxylic acids is 1. The summed E-state index contributed by atoms with van der Waals surface area (Å²) in [7, 11) is 1.55. The summed E-state index contributed by atoms with van der Waals surface area (Å²) in [5, 5.41) is 14.3. The number of nitrogens with one attached hydrogen (secondary N) is 2. The zero-order chi connectivity index (χ0) is 22.2. The van der Waals surface area contributed by atoms with Gasteiger partial charge in [0.25, 0.3) is 11.8 Å². The molecular formula is C24H20N2O5. The number of carbonyl (C=O) groups is 3. The van der Waals surface area contributed by atoms with Gasteiger partial charge in [0, 0.05) is 11.3 Å². The van der Waals surface area contributed by atoms with Crippen LogP contribution < -0.4 is 15.4 Å². The number of aromatic carboxylic acids is 1. The summed E-state index contributed by atoms with van der Waals surface area (Å²) in [5.74, 6) is -1.39. The highest BCUT2D eigenvalue weighted by atomic mass is 16.5. The molecule has 0 aliphatic rings. The first-order valence-electron chi connectivity index (χ1n) is 9.33. The summed E-state index contributed by atoms with van der Waals surface area (Å²) in [6, 6.07) is 21.2. The summed E-state index contributed by atoms with van der Waals surface area (Å²) >= 11 is 0. The third-order valence-corrected chi connectivity index (χ3v) is 4.35. The van der Waals surface area contributed by atoms with Crippen molar-refractivity contribution in [2.75, 3.05) is 12.4 Å². The fourth-order valence-electron chi connectivity index (χ4n) is 2.70. The Morgan fingerprint density at radius 2 is 1.48 bits per heavy atom. The molecule has 0 aliphatic carbocycles. The number of hydrogen-bond acceptors (Lipinski definition) is 4. The molecule has 3 aromatic carbocycles. The Morgan fingerprint density at radius 3 is 2.06 bits per heavy atom. The fourth-order valence-corrected chi connectivity index (χ4v) is 2.70. The Balaban J connectivity index is 1.86. The van der Waals surface area contributed by atoms with Gasteiger partial charge in [-0.15, -0.1) is 0 Å². The largest absolute Gasteiger partial charge is 0.497 e. The molecule has 0 heterocycles. The Hall–Kier alpha value is -4.39. The van der Waals surface area contributed by atoms with Crippen LogP contribution in [0.4, 0.5) is 5.69 Å². The lowest BCUT2D eigenvalue weighted by molar-refractivity contribution is -0.113. The number of amides is 2. The van der Waals surface area contributed by atoms with Crippen molar-refractivity contribution in [3.63, 3.8) is 0 Å². The number of carboxylic acid groups (broad SMARTS) is 1. The second-order valence-corrected chi connectivity index (χ2v) is 6.49. The molecule has 0 bridgehead atoms. The van der Waals surface area contributed by atoms with E-state index in [1.54, 1.807) is 67.8 Å². The lowest BCUT2D eigenvalue weighted by atomic mass is 10.1. The maximum Gasteiger partial charge on any atom is 0.335 e. The summed E-state index contributed by atoms with van der Waals surface area (Å²) in [5.41, 5.74) is 1.61. The second kappa shape index (κ2) is 9.89. The lowest BCUT2D eigenvalue weighted by Gasteiger charge is -2.12. The van der Waals surface area contributed by atoms with Crippen LogP contribution in [0.25, 0.3) is 6.08 Å². The summed E-state index contributed by atoms with van der Waals surface area (Å²) in [6.45, 7) is 0. The summed E-state index contributed by atoms with van der Waals surface area (Å²) < 4.78 is 5.14. The van der Waals surface area contributed by atoms with Crippen molar-refractivity contribution in [2.45, 2.75) is 0 Å². The third kappa shape index (κ3) is 5.80. The topological polar surface area (TPSA) is 105 Å². The van der Waals surface area contributed by atoms with Gasteiger partial charge in [0.15, 0.2) is 0 Å². The molecule has 0 fully saturated rings. The van der Waals surface area contributed by atoms with Gasteiger partial charge in [-0.3, -0.25) is 9.59 Å². The van der Waals surface area contributed by atoms with Crippen molar-refractivity contribution in [2.24, 2.45) is 0 Å². The molecule has 0 saturated carbocycles. The number of anilines is 1. The van der Waals surface area contributed by atoms with Gasteiger partial charge >= 0.3 is 5.97 Å². The minimum Gasteiger partial charge on any atom is -0.497 e. The van der Waals surface area contributed by atoms with E-state index in [2.05, 4.69) is 10.6 Å². The number of benzene rings is 3. The number of methoxy groups -OCH3 is 1. The van der Waals surface area contributed by atoms with E-state index in [1.165, 1.54) is 24.3 Å². The van der Waals surface area contributed by atoms with Crippen molar-refractivity contribution in [3.05, 3.63) is 101 Å². The molecule has 0 unspecified atom stereocenters. The maximum absolute atomic E-state index is 12.9. The van der Waals surface area contributed by atoms with Crippen LogP contribution in [0.2, 0.25) is 0 Å². The molecule has 2 amide bonds. The Bertz CT molecular complexity index is 1100. The predicted molar refractivity (Wildman–Crippen MR) is 117 cm³/mol. The Morgan fingerprint density at radius 1 is 0.839 bits per heavy atom. The van der Waals surface area contributed by atoms with Crippen molar-refractivity contribution < 1.29 is 24.2 Å². The average molecular weight is 416 g/mol. The molecule has 7 heteroatoms. The lowest BCUT2D eigenvalue weighted by Crippen LogP contribution is -2.30. The van der Waals surface area contributed by atoms with E-state index in [1.807, 2.05) is 0 Å². The first-order chi connectivity index (χ1) is 15.0. The molecule has 3 N–H and O–H groups in total. The zero-order valence-corrected chi connectivity index (χ0v) is 16.7. The van der Waals surface area contributed by atoms with Gasteiger partial charge in [-0.2, -0.15) is 0 Å². The first-order valence-corrected chi connectivity index (χ1v) is 9.33. The van der Waals surface area contributed by atoms with Crippen molar-refractivity contribution >= 4 is 29.5 Å². The molecule has 31 heavy (non-hydrogen) atoms. The molecule has 0 atom stereocenters. The molecule has 3 rings (SSSR count). The van der Waals surface area contributed by atoms with E-state index in [0.29, 0.717) is 22.6 Å². The van der Waals surface area contributed by atoms with E-state index in [9.17, 15) is 14.4 Å². The van der Waals surface area contributed by atoms with Gasteiger partial charge in [-0.05, 0) is 60.2 Å². The number of rotatable bonds is 7. The van der Waals surface area contributed by atoms with Crippen LogP contribution >= 0.6 is 0 Å². The third-order valence-electron chi connectivity index (χ3n) is 4.35. The highest BCUT2D eigenvalue weighted by molar-refractivity contribution is 6.10. The molecule has 0 aliphatic heterocycles. The van der Waals surface area contributed by atoms with Gasteiger partial charge in [-0.1, -0.05) is 30.3 Å². The Kier molecular flexibility index (Phi) is 6.80. The van der Waals surface area contributed by atoms with Crippen LogP contribution in [0, 0.1) is 0 Å². The van der Waals surface area contributed by atoms with Crippen LogP contribution in [-0.4, -0.2) is 30.0 Å². The molecule has 156 valence electrons. The van der Waals surface area contributed by atoms with Gasteiger partial charge in [-0.25, -0.2) is 4.79 Å². The van der Waals surface area contributed by atoms with E-state index in [0.717, 1.165) is 0 Å². The molecule has 0 saturated heterocycles. The zero-order valence-electron chi connectivity index (χ0n) is 16.7. The molecular weight excluding hydrogens is 396 g/mol. The van der Waals surface area contributed by atoms with E-state index in [-0.39, 0.29) is 11.3 Å². The highest BCUT2D eigenvalue weighted by Crippen LogP contribution is 2.16. The van der Waals surface area contributed by atoms with E-state index < -0.39 is 17.8 Å². The second-order valence-electron chi connectivity index (χ2n) is 6.49. The van der Waals surface area contributed by atoms with Gasteiger partial charge < -0.3 is 20.5 Å².